The Morgan fingerprint density at radius 2 is 1.83 bits per heavy atom. The summed E-state index contributed by atoms with van der Waals surface area (Å²) in [6.45, 7) is 5.50. The van der Waals surface area contributed by atoms with Crippen LogP contribution in [-0.2, 0) is 17.6 Å². The van der Waals surface area contributed by atoms with E-state index in [-0.39, 0.29) is 5.56 Å². The lowest BCUT2D eigenvalue weighted by atomic mass is 10.1. The summed E-state index contributed by atoms with van der Waals surface area (Å²) in [5.74, 6) is 0.842. The Kier molecular flexibility index (Phi) is 6.06. The average molecular weight is 482 g/mol. The van der Waals surface area contributed by atoms with Crippen molar-refractivity contribution in [3.8, 4) is 17.1 Å². The number of rotatable bonds is 6. The van der Waals surface area contributed by atoms with E-state index >= 15 is 0 Å². The third-order valence-corrected chi connectivity index (χ3v) is 5.70. The molecule has 5 rings (SSSR count). The van der Waals surface area contributed by atoms with Crippen molar-refractivity contribution in [2.45, 2.75) is 39.2 Å². The number of aromatic amines is 1. The van der Waals surface area contributed by atoms with E-state index < -0.39 is 11.6 Å². The molecule has 1 N–H and O–H groups in total. The topological polar surface area (TPSA) is 90.1 Å². The maximum Gasteiger partial charge on any atom is 0.338 e. The monoisotopic (exact) mass is 481 g/mol. The van der Waals surface area contributed by atoms with Gasteiger partial charge in [-0.25, -0.2) is 9.78 Å². The molecule has 0 radical (unpaired) electrons. The number of H-pyrrole nitrogens is 1. The van der Waals surface area contributed by atoms with E-state index in [0.717, 1.165) is 16.8 Å². The molecule has 2 aliphatic rings. The van der Waals surface area contributed by atoms with Crippen LogP contribution in [0.3, 0.4) is 0 Å². The number of aromatic nitrogens is 3. The van der Waals surface area contributed by atoms with Crippen LogP contribution in [0.15, 0.2) is 88.4 Å². The van der Waals surface area contributed by atoms with Crippen molar-refractivity contribution in [3.05, 3.63) is 118 Å². The normalized spacial score (nSPS) is 11.6. The molecule has 3 heterocycles. The second kappa shape index (κ2) is 9.34. The number of hydrogen-bond donors (Lipinski definition) is 1. The van der Waals surface area contributed by atoms with Crippen molar-refractivity contribution in [2.75, 3.05) is 0 Å². The second-order valence-corrected chi connectivity index (χ2v) is 9.70. The van der Waals surface area contributed by atoms with E-state index in [1.807, 2.05) is 63.2 Å². The van der Waals surface area contributed by atoms with Gasteiger partial charge in [0.1, 0.15) is 17.1 Å². The van der Waals surface area contributed by atoms with Gasteiger partial charge in [0.15, 0.2) is 5.82 Å². The number of carbonyl (C=O) groups is 1. The zero-order valence-electron chi connectivity index (χ0n) is 20.4. The number of hydrogen-bond acceptors (Lipinski definition) is 5. The van der Waals surface area contributed by atoms with E-state index in [1.54, 1.807) is 41.3 Å². The first-order valence-corrected chi connectivity index (χ1v) is 11.8. The predicted octanol–water partition coefficient (Wildman–Crippen LogP) is 5.40. The van der Waals surface area contributed by atoms with Gasteiger partial charge in [-0.2, -0.15) is 0 Å². The standard InChI is InChI=1S/C29H27N3O4/c1-29(2,3)36-28(34)21-12-7-11-20(16-21)25-18-32-26(23(30-25)15-19-9-5-4-6-10-19)31-24(27(32)33)17-22-13-8-14-35-22/h4-14,16,18,30H,15,17H2,1-3H3. The number of ether oxygens (including phenoxy) is 1. The molecule has 0 bridgehead atoms. The van der Waals surface area contributed by atoms with Crippen molar-refractivity contribution in [2.24, 2.45) is 0 Å². The lowest BCUT2D eigenvalue weighted by Crippen LogP contribution is -2.23. The summed E-state index contributed by atoms with van der Waals surface area (Å²) in [4.78, 5) is 34.2. The minimum Gasteiger partial charge on any atom is -0.469 e. The van der Waals surface area contributed by atoms with E-state index in [4.69, 9.17) is 9.15 Å². The van der Waals surface area contributed by atoms with Crippen LogP contribution in [0.25, 0.3) is 17.1 Å². The molecule has 0 spiro atoms. The highest BCUT2D eigenvalue weighted by Gasteiger charge is 2.22. The third kappa shape index (κ3) is 5.00. The van der Waals surface area contributed by atoms with Crippen molar-refractivity contribution < 1.29 is 13.9 Å². The number of furan rings is 1. The smallest absolute Gasteiger partial charge is 0.338 e. The summed E-state index contributed by atoms with van der Waals surface area (Å²) in [6, 6.07) is 20.8. The number of nitrogens with one attached hydrogen (secondary N) is 1. The Labute approximate surface area is 208 Å². The zero-order valence-corrected chi connectivity index (χ0v) is 20.4. The van der Waals surface area contributed by atoms with E-state index in [2.05, 4.69) is 9.97 Å². The van der Waals surface area contributed by atoms with Crippen molar-refractivity contribution >= 4 is 5.97 Å². The molecule has 3 aromatic rings. The summed E-state index contributed by atoms with van der Waals surface area (Å²) >= 11 is 0. The first kappa shape index (κ1) is 23.4. The number of fused-ring (bicyclic) bond motifs is 1. The molecule has 0 amide bonds. The second-order valence-electron chi connectivity index (χ2n) is 9.70. The molecule has 2 aromatic carbocycles. The Bertz CT molecular complexity index is 1520. The van der Waals surface area contributed by atoms with Gasteiger partial charge in [-0.15, -0.1) is 0 Å². The summed E-state index contributed by atoms with van der Waals surface area (Å²) in [5.41, 5.74) is 3.38. The van der Waals surface area contributed by atoms with Gasteiger partial charge in [0.2, 0.25) is 0 Å². The summed E-state index contributed by atoms with van der Waals surface area (Å²) in [6.07, 6.45) is 4.18. The van der Waals surface area contributed by atoms with Gasteiger partial charge >= 0.3 is 5.97 Å². The molecule has 0 unspecified atom stereocenters. The van der Waals surface area contributed by atoms with E-state index in [9.17, 15) is 9.59 Å². The lowest BCUT2D eigenvalue weighted by molar-refractivity contribution is 0.00695. The summed E-state index contributed by atoms with van der Waals surface area (Å²) in [7, 11) is 0. The Morgan fingerprint density at radius 1 is 1.03 bits per heavy atom. The first-order valence-electron chi connectivity index (χ1n) is 11.8. The van der Waals surface area contributed by atoms with Gasteiger partial charge in [0.05, 0.1) is 29.6 Å². The van der Waals surface area contributed by atoms with Crippen molar-refractivity contribution in [1.82, 2.24) is 14.5 Å². The first-order chi connectivity index (χ1) is 17.3. The molecule has 7 heteroatoms. The van der Waals surface area contributed by atoms with Gasteiger partial charge < -0.3 is 14.1 Å². The van der Waals surface area contributed by atoms with Crippen molar-refractivity contribution in [1.29, 1.82) is 0 Å². The van der Waals surface area contributed by atoms with Gasteiger partial charge in [0, 0.05) is 18.2 Å². The predicted molar refractivity (Wildman–Crippen MR) is 137 cm³/mol. The van der Waals surface area contributed by atoms with E-state index in [1.165, 1.54) is 0 Å². The highest BCUT2D eigenvalue weighted by atomic mass is 16.6. The maximum atomic E-state index is 13.3. The Hall–Kier alpha value is -4.39. The number of esters is 1. The van der Waals surface area contributed by atoms with Crippen LogP contribution >= 0.6 is 0 Å². The number of imidazole rings is 1. The number of carbonyl (C=O) groups excluding carboxylic acids is 1. The number of nitrogens with zero attached hydrogens (tertiary/aromatic N) is 2. The Morgan fingerprint density at radius 3 is 2.56 bits per heavy atom. The molecule has 0 fully saturated rings. The highest BCUT2D eigenvalue weighted by molar-refractivity contribution is 5.91. The van der Waals surface area contributed by atoms with Crippen LogP contribution in [0.2, 0.25) is 0 Å². The molecule has 2 aliphatic heterocycles. The van der Waals surface area contributed by atoms with E-state index in [0.29, 0.717) is 41.4 Å². The molecular weight excluding hydrogens is 454 g/mol. The fourth-order valence-corrected chi connectivity index (χ4v) is 4.09. The van der Waals surface area contributed by atoms with Crippen LogP contribution < -0.4 is 5.56 Å². The van der Waals surface area contributed by atoms with Crippen LogP contribution in [0.5, 0.6) is 0 Å². The third-order valence-electron chi connectivity index (χ3n) is 5.70. The van der Waals surface area contributed by atoms with Crippen LogP contribution in [0, 0.1) is 0 Å². The molecule has 182 valence electrons. The average Bonchev–Trinajstić information content (AvgIpc) is 3.47. The molecule has 0 aliphatic carbocycles. The molecule has 0 atom stereocenters. The molecular formula is C29H27N3O4. The van der Waals surface area contributed by atoms with Crippen LogP contribution in [0.4, 0.5) is 0 Å². The van der Waals surface area contributed by atoms with Gasteiger partial charge in [-0.1, -0.05) is 42.5 Å². The van der Waals surface area contributed by atoms with Gasteiger partial charge in [-0.05, 0) is 50.6 Å². The zero-order chi connectivity index (χ0) is 25.3. The largest absolute Gasteiger partial charge is 0.469 e. The Balaban J connectivity index is 1.61. The maximum absolute atomic E-state index is 13.3. The quantitative estimate of drug-likeness (QED) is 0.328. The van der Waals surface area contributed by atoms with Crippen LogP contribution in [-0.4, -0.2) is 26.1 Å². The highest BCUT2D eigenvalue weighted by Crippen LogP contribution is 2.25. The summed E-state index contributed by atoms with van der Waals surface area (Å²) < 4.78 is 12.5. The fourth-order valence-electron chi connectivity index (χ4n) is 4.09. The fraction of sp³-hybridized carbons (Fsp3) is 0.207. The number of benzene rings is 2. The molecule has 7 nitrogen and oxygen atoms in total. The molecule has 0 saturated carbocycles. The SMILES string of the molecule is CC(C)(C)OC(=O)c1cccc(-c2cn3c(=O)c(Cc4ccco4)nc-3c(Cc3ccccc3)[nH]2)c1. The van der Waals surface area contributed by atoms with Crippen molar-refractivity contribution in [3.63, 3.8) is 0 Å². The van der Waals surface area contributed by atoms with Crippen LogP contribution in [0.1, 0.15) is 53.8 Å². The lowest BCUT2D eigenvalue weighted by Gasteiger charge is -2.19. The molecule has 1 aromatic heterocycles. The molecule has 36 heavy (non-hydrogen) atoms. The van der Waals surface area contributed by atoms with Gasteiger partial charge in [0.25, 0.3) is 5.56 Å². The minimum atomic E-state index is -0.598. The summed E-state index contributed by atoms with van der Waals surface area (Å²) in [5, 5.41) is 0. The molecule has 0 saturated heterocycles. The van der Waals surface area contributed by atoms with Gasteiger partial charge in [-0.3, -0.25) is 9.36 Å². The minimum absolute atomic E-state index is 0.200.